The van der Waals surface area contributed by atoms with E-state index in [1.54, 1.807) is 28.1 Å². The van der Waals surface area contributed by atoms with Crippen LogP contribution in [0.1, 0.15) is 12.5 Å². The number of thiophene rings is 1. The van der Waals surface area contributed by atoms with Crippen LogP contribution in [0.5, 0.6) is 0 Å². The highest BCUT2D eigenvalue weighted by Gasteiger charge is 2.25. The maximum Gasteiger partial charge on any atom is 0.409 e. The van der Waals surface area contributed by atoms with Gasteiger partial charge in [-0.2, -0.15) is 0 Å². The first kappa shape index (κ1) is 22.5. The van der Waals surface area contributed by atoms with E-state index in [0.29, 0.717) is 38.5 Å². The maximum atomic E-state index is 12.7. The molecule has 1 unspecified atom stereocenters. The molecule has 32 heavy (non-hydrogen) atoms. The second-order valence-electron chi connectivity index (χ2n) is 7.64. The molecule has 168 valence electrons. The van der Waals surface area contributed by atoms with Gasteiger partial charge in [0.1, 0.15) is 5.75 Å². The molecule has 2 heterocycles. The minimum Gasteiger partial charge on any atom is -0.450 e. The van der Waals surface area contributed by atoms with Crippen LogP contribution in [0.4, 0.5) is 4.79 Å². The van der Waals surface area contributed by atoms with Gasteiger partial charge in [-0.15, -0.1) is 11.3 Å². The Morgan fingerprint density at radius 1 is 1.00 bits per heavy atom. The summed E-state index contributed by atoms with van der Waals surface area (Å²) in [7, 11) is -1.30. The van der Waals surface area contributed by atoms with E-state index in [4.69, 9.17) is 4.74 Å². The summed E-state index contributed by atoms with van der Waals surface area (Å²) in [5, 5.41) is 1.22. The van der Waals surface area contributed by atoms with Crippen molar-refractivity contribution in [1.29, 1.82) is 0 Å². The average molecular weight is 471 g/mol. The number of ether oxygens (including phenoxy) is 1. The summed E-state index contributed by atoms with van der Waals surface area (Å²) >= 11 is 1.74. The molecular formula is C24H26N2O4S2. The SMILES string of the molecule is CCOC(=O)N1CCN(C(=O)CS(=O)Cc2cccc(-c3cc4ccccc4s3)c2)CC1. The van der Waals surface area contributed by atoms with Crippen molar-refractivity contribution in [3.63, 3.8) is 0 Å². The quantitative estimate of drug-likeness (QED) is 0.544. The molecule has 1 atom stereocenters. The van der Waals surface area contributed by atoms with Crippen LogP contribution in [0.15, 0.2) is 54.6 Å². The van der Waals surface area contributed by atoms with Gasteiger partial charge in [-0.05, 0) is 41.6 Å². The molecule has 1 aliphatic heterocycles. The fourth-order valence-corrected chi connectivity index (χ4v) is 5.93. The molecule has 0 saturated carbocycles. The van der Waals surface area contributed by atoms with Crippen molar-refractivity contribution >= 4 is 44.2 Å². The van der Waals surface area contributed by atoms with Crippen molar-refractivity contribution in [2.75, 3.05) is 38.5 Å². The fourth-order valence-electron chi connectivity index (χ4n) is 3.76. The largest absolute Gasteiger partial charge is 0.450 e. The van der Waals surface area contributed by atoms with Crippen LogP contribution >= 0.6 is 11.3 Å². The Morgan fingerprint density at radius 2 is 1.75 bits per heavy atom. The van der Waals surface area contributed by atoms with E-state index in [1.165, 1.54) is 15.0 Å². The minimum atomic E-state index is -1.30. The van der Waals surface area contributed by atoms with E-state index in [9.17, 15) is 13.8 Å². The lowest BCUT2D eigenvalue weighted by molar-refractivity contribution is -0.129. The van der Waals surface area contributed by atoms with Gasteiger partial charge in [0.05, 0.1) is 6.61 Å². The van der Waals surface area contributed by atoms with Crippen molar-refractivity contribution in [2.24, 2.45) is 0 Å². The van der Waals surface area contributed by atoms with E-state index < -0.39 is 10.8 Å². The molecule has 1 aromatic heterocycles. The number of benzene rings is 2. The molecule has 8 heteroatoms. The monoisotopic (exact) mass is 470 g/mol. The number of piperazine rings is 1. The summed E-state index contributed by atoms with van der Waals surface area (Å²) in [6.07, 6.45) is -0.346. The molecule has 4 rings (SSSR count). The lowest BCUT2D eigenvalue weighted by Crippen LogP contribution is -2.51. The number of hydrogen-bond donors (Lipinski definition) is 0. The van der Waals surface area contributed by atoms with Crippen molar-refractivity contribution in [3.8, 4) is 10.4 Å². The van der Waals surface area contributed by atoms with E-state index >= 15 is 0 Å². The highest BCUT2D eigenvalue weighted by Crippen LogP contribution is 2.33. The molecule has 0 radical (unpaired) electrons. The predicted octanol–water partition coefficient (Wildman–Crippen LogP) is 4.12. The maximum absolute atomic E-state index is 12.7. The third-order valence-corrected chi connectivity index (χ3v) is 7.80. The Bertz CT molecular complexity index is 1100. The lowest BCUT2D eigenvalue weighted by Gasteiger charge is -2.34. The molecule has 1 fully saturated rings. The van der Waals surface area contributed by atoms with Gasteiger partial charge in [-0.3, -0.25) is 9.00 Å². The second kappa shape index (κ2) is 10.3. The number of nitrogens with zero attached hydrogens (tertiary/aromatic N) is 2. The Labute approximate surface area is 194 Å². The molecule has 0 bridgehead atoms. The summed E-state index contributed by atoms with van der Waals surface area (Å²) in [4.78, 5) is 28.8. The summed E-state index contributed by atoms with van der Waals surface area (Å²) in [6, 6.07) is 18.5. The van der Waals surface area contributed by atoms with Crippen molar-refractivity contribution in [2.45, 2.75) is 12.7 Å². The molecule has 0 aliphatic carbocycles. The van der Waals surface area contributed by atoms with Crippen molar-refractivity contribution < 1.29 is 18.5 Å². The van der Waals surface area contributed by atoms with Gasteiger partial charge in [0.25, 0.3) is 0 Å². The second-order valence-corrected chi connectivity index (χ2v) is 10.2. The molecule has 0 N–H and O–H groups in total. The topological polar surface area (TPSA) is 66.9 Å². The van der Waals surface area contributed by atoms with Gasteiger partial charge >= 0.3 is 6.09 Å². The molecule has 1 aliphatic rings. The molecule has 0 spiro atoms. The first-order valence-electron chi connectivity index (χ1n) is 10.7. The molecular weight excluding hydrogens is 444 g/mol. The third kappa shape index (κ3) is 5.37. The van der Waals surface area contributed by atoms with E-state index in [1.807, 2.05) is 24.3 Å². The Morgan fingerprint density at radius 3 is 2.50 bits per heavy atom. The first-order chi connectivity index (χ1) is 15.5. The van der Waals surface area contributed by atoms with Gasteiger partial charge in [0.2, 0.25) is 5.91 Å². The van der Waals surface area contributed by atoms with Crippen LogP contribution < -0.4 is 0 Å². The Hall–Kier alpha value is -2.71. The zero-order chi connectivity index (χ0) is 22.5. The Kier molecular flexibility index (Phi) is 7.22. The molecule has 2 aromatic carbocycles. The Balaban J connectivity index is 1.33. The normalized spacial score (nSPS) is 15.0. The number of carbonyl (C=O) groups is 2. The van der Waals surface area contributed by atoms with Crippen LogP contribution in [0.25, 0.3) is 20.5 Å². The summed E-state index contributed by atoms with van der Waals surface area (Å²) in [6.45, 7) is 3.86. The number of carbonyl (C=O) groups excluding carboxylic acids is 2. The highest BCUT2D eigenvalue weighted by molar-refractivity contribution is 7.84. The van der Waals surface area contributed by atoms with Crippen LogP contribution in [-0.2, 0) is 26.1 Å². The van der Waals surface area contributed by atoms with Gasteiger partial charge in [0, 0.05) is 52.3 Å². The molecule has 3 aromatic rings. The van der Waals surface area contributed by atoms with E-state index in [-0.39, 0.29) is 17.8 Å². The third-order valence-electron chi connectivity index (χ3n) is 5.41. The van der Waals surface area contributed by atoms with Crippen LogP contribution in [0.3, 0.4) is 0 Å². The molecule has 1 saturated heterocycles. The average Bonchev–Trinajstić information content (AvgIpc) is 3.24. The van der Waals surface area contributed by atoms with Gasteiger partial charge in [-0.25, -0.2) is 4.79 Å². The molecule has 6 nitrogen and oxygen atoms in total. The first-order valence-corrected chi connectivity index (χ1v) is 13.0. The van der Waals surface area contributed by atoms with Gasteiger partial charge in [-0.1, -0.05) is 36.4 Å². The standard InChI is InChI=1S/C24H26N2O4S2/c1-2-30-24(28)26-12-10-25(11-13-26)23(27)17-32(29)16-18-6-5-8-19(14-18)22-15-20-7-3-4-9-21(20)31-22/h3-9,14-15H,2,10-13,16-17H2,1H3. The smallest absolute Gasteiger partial charge is 0.409 e. The lowest BCUT2D eigenvalue weighted by atomic mass is 10.1. The summed E-state index contributed by atoms with van der Waals surface area (Å²) in [5.74, 6) is 0.201. The summed E-state index contributed by atoms with van der Waals surface area (Å²) in [5.41, 5.74) is 2.06. The van der Waals surface area contributed by atoms with Gasteiger partial charge in [0.15, 0.2) is 0 Å². The predicted molar refractivity (Wildman–Crippen MR) is 129 cm³/mol. The van der Waals surface area contributed by atoms with Crippen LogP contribution in [0.2, 0.25) is 0 Å². The van der Waals surface area contributed by atoms with Crippen LogP contribution in [-0.4, -0.2) is 64.5 Å². The number of amides is 2. The van der Waals surface area contributed by atoms with Crippen molar-refractivity contribution in [1.82, 2.24) is 9.80 Å². The van der Waals surface area contributed by atoms with E-state index in [2.05, 4.69) is 30.3 Å². The molecule has 2 amide bonds. The minimum absolute atomic E-state index is 0.00742. The van der Waals surface area contributed by atoms with Gasteiger partial charge < -0.3 is 14.5 Å². The zero-order valence-electron chi connectivity index (χ0n) is 18.0. The number of hydrogen-bond acceptors (Lipinski definition) is 5. The van der Waals surface area contributed by atoms with E-state index in [0.717, 1.165) is 11.1 Å². The highest BCUT2D eigenvalue weighted by atomic mass is 32.2. The fraction of sp³-hybridized carbons (Fsp3) is 0.333. The summed E-state index contributed by atoms with van der Waals surface area (Å²) < 4.78 is 18.9. The number of rotatable bonds is 6. The van der Waals surface area contributed by atoms with Crippen molar-refractivity contribution in [3.05, 3.63) is 60.2 Å². The number of fused-ring (bicyclic) bond motifs is 1. The van der Waals surface area contributed by atoms with Crippen LogP contribution in [0, 0.1) is 0 Å². The zero-order valence-corrected chi connectivity index (χ0v) is 19.6.